The van der Waals surface area contributed by atoms with Gasteiger partial charge in [0.2, 0.25) is 0 Å². The Balaban J connectivity index is 2.01. The van der Waals surface area contributed by atoms with Gasteiger partial charge in [-0.05, 0) is 39.5 Å². The van der Waals surface area contributed by atoms with Crippen LogP contribution in [0.15, 0.2) is 48.6 Å². The van der Waals surface area contributed by atoms with E-state index in [0.717, 1.165) is 19.3 Å². The minimum atomic E-state index is -0.145. The summed E-state index contributed by atoms with van der Waals surface area (Å²) in [6.45, 7) is 4.51. The van der Waals surface area contributed by atoms with Crippen LogP contribution in [0.2, 0.25) is 0 Å². The molecule has 0 aromatic rings. The maximum Gasteiger partial charge on any atom is 0.306 e. The second-order valence-electron chi connectivity index (χ2n) is 6.09. The van der Waals surface area contributed by atoms with Crippen LogP contribution in [0.3, 0.4) is 0 Å². The van der Waals surface area contributed by atoms with Crippen molar-refractivity contribution in [3.8, 4) is 0 Å². The van der Waals surface area contributed by atoms with Gasteiger partial charge in [0.05, 0.1) is 19.3 Å². The molecule has 0 bridgehead atoms. The lowest BCUT2D eigenvalue weighted by Gasteiger charge is -1.99. The SMILES string of the molecule is CCOC(=O)CC/C=C\C\C=C/C=C/C=C/[C@@H]1O[C@H]1CCCC(=O)OCC. The maximum atomic E-state index is 11.2. The average molecular weight is 376 g/mol. The van der Waals surface area contributed by atoms with Crippen LogP contribution in [0, 0.1) is 0 Å². The summed E-state index contributed by atoms with van der Waals surface area (Å²) in [6, 6.07) is 0. The quantitative estimate of drug-likeness (QED) is 0.194. The van der Waals surface area contributed by atoms with E-state index in [1.807, 2.05) is 56.4 Å². The van der Waals surface area contributed by atoms with Crippen molar-refractivity contribution in [1.29, 1.82) is 0 Å². The second kappa shape index (κ2) is 15.0. The van der Waals surface area contributed by atoms with Crippen LogP contribution in [0.1, 0.15) is 52.4 Å². The summed E-state index contributed by atoms with van der Waals surface area (Å²) in [4.78, 5) is 22.4. The average Bonchev–Trinajstić information content (AvgIpc) is 3.38. The lowest BCUT2D eigenvalue weighted by molar-refractivity contribution is -0.144. The zero-order valence-corrected chi connectivity index (χ0v) is 16.5. The monoisotopic (exact) mass is 376 g/mol. The van der Waals surface area contributed by atoms with Gasteiger partial charge in [0.25, 0.3) is 0 Å². The third-order valence-electron chi connectivity index (χ3n) is 3.83. The summed E-state index contributed by atoms with van der Waals surface area (Å²) in [5, 5.41) is 0. The van der Waals surface area contributed by atoms with E-state index in [9.17, 15) is 9.59 Å². The second-order valence-corrected chi connectivity index (χ2v) is 6.09. The molecule has 1 heterocycles. The molecule has 1 saturated heterocycles. The zero-order chi connectivity index (χ0) is 19.7. The molecule has 0 spiro atoms. The van der Waals surface area contributed by atoms with E-state index in [1.165, 1.54) is 0 Å². The van der Waals surface area contributed by atoms with E-state index in [4.69, 9.17) is 14.2 Å². The molecule has 0 radical (unpaired) electrons. The van der Waals surface area contributed by atoms with E-state index >= 15 is 0 Å². The van der Waals surface area contributed by atoms with Crippen molar-refractivity contribution in [2.75, 3.05) is 13.2 Å². The zero-order valence-electron chi connectivity index (χ0n) is 16.5. The number of rotatable bonds is 14. The van der Waals surface area contributed by atoms with Gasteiger partial charge >= 0.3 is 11.9 Å². The van der Waals surface area contributed by atoms with Gasteiger partial charge in [-0.1, -0.05) is 48.6 Å². The highest BCUT2D eigenvalue weighted by molar-refractivity contribution is 5.69. The summed E-state index contributed by atoms with van der Waals surface area (Å²) in [7, 11) is 0. The molecule has 5 heteroatoms. The van der Waals surface area contributed by atoms with Gasteiger partial charge in [-0.2, -0.15) is 0 Å². The fourth-order valence-electron chi connectivity index (χ4n) is 2.42. The lowest BCUT2D eigenvalue weighted by Crippen LogP contribution is -2.04. The number of carbonyl (C=O) groups excluding carboxylic acids is 2. The van der Waals surface area contributed by atoms with E-state index in [-0.39, 0.29) is 24.1 Å². The molecule has 1 aliphatic rings. The van der Waals surface area contributed by atoms with Crippen LogP contribution in [0.5, 0.6) is 0 Å². The first-order valence-electron chi connectivity index (χ1n) is 9.79. The Hall–Kier alpha value is -2.14. The molecule has 5 nitrogen and oxygen atoms in total. The molecule has 1 rings (SSSR count). The van der Waals surface area contributed by atoms with Crippen molar-refractivity contribution in [2.45, 2.75) is 64.6 Å². The fourth-order valence-corrected chi connectivity index (χ4v) is 2.42. The predicted molar refractivity (Wildman–Crippen MR) is 106 cm³/mol. The van der Waals surface area contributed by atoms with Gasteiger partial charge in [-0.25, -0.2) is 0 Å². The number of hydrogen-bond acceptors (Lipinski definition) is 5. The van der Waals surface area contributed by atoms with Crippen LogP contribution in [0.4, 0.5) is 0 Å². The van der Waals surface area contributed by atoms with Crippen LogP contribution in [-0.2, 0) is 23.8 Å². The standard InChI is InChI=1S/C22H32O5/c1-3-25-21(23)17-13-11-9-7-5-6-8-10-12-15-19-20(27-19)16-14-18-22(24)26-4-2/h5-6,8-12,15,19-20H,3-4,7,13-14,16-18H2,1-2H3/b6-5-,10-8+,11-9-,15-12+/t19-,20-/m0/s1. The molecule has 1 aliphatic heterocycles. The maximum absolute atomic E-state index is 11.2. The summed E-state index contributed by atoms with van der Waals surface area (Å²) in [6.07, 6.45) is 20.6. The Morgan fingerprint density at radius 3 is 2.33 bits per heavy atom. The summed E-state index contributed by atoms with van der Waals surface area (Å²) in [5.74, 6) is -0.276. The van der Waals surface area contributed by atoms with Crippen molar-refractivity contribution >= 4 is 11.9 Å². The predicted octanol–water partition coefficient (Wildman–Crippen LogP) is 4.45. The number of hydrogen-bond donors (Lipinski definition) is 0. The van der Waals surface area contributed by atoms with Crippen LogP contribution in [0.25, 0.3) is 0 Å². The summed E-state index contributed by atoms with van der Waals surface area (Å²) in [5.41, 5.74) is 0. The number of carbonyl (C=O) groups is 2. The number of allylic oxidation sites excluding steroid dienone is 7. The lowest BCUT2D eigenvalue weighted by atomic mass is 10.1. The molecule has 27 heavy (non-hydrogen) atoms. The molecule has 0 aliphatic carbocycles. The number of epoxide rings is 1. The third kappa shape index (κ3) is 12.8. The number of esters is 2. The molecule has 0 aromatic heterocycles. The van der Waals surface area contributed by atoms with Crippen LogP contribution >= 0.6 is 0 Å². The van der Waals surface area contributed by atoms with Gasteiger partial charge in [0.1, 0.15) is 6.10 Å². The highest BCUT2D eigenvalue weighted by Crippen LogP contribution is 2.28. The van der Waals surface area contributed by atoms with Gasteiger partial charge in [0.15, 0.2) is 0 Å². The first-order chi connectivity index (χ1) is 13.2. The van der Waals surface area contributed by atoms with E-state index in [0.29, 0.717) is 32.5 Å². The molecule has 0 amide bonds. The van der Waals surface area contributed by atoms with E-state index < -0.39 is 0 Å². The minimum Gasteiger partial charge on any atom is -0.466 e. The summed E-state index contributed by atoms with van der Waals surface area (Å²) < 4.78 is 15.3. The first kappa shape index (κ1) is 22.9. The Kier molecular flexibility index (Phi) is 12.7. The van der Waals surface area contributed by atoms with E-state index in [1.54, 1.807) is 0 Å². The fraction of sp³-hybridized carbons (Fsp3) is 0.545. The largest absolute Gasteiger partial charge is 0.466 e. The Bertz CT molecular complexity index is 545. The van der Waals surface area contributed by atoms with Crippen molar-refractivity contribution < 1.29 is 23.8 Å². The Morgan fingerprint density at radius 2 is 1.59 bits per heavy atom. The third-order valence-corrected chi connectivity index (χ3v) is 3.83. The van der Waals surface area contributed by atoms with Crippen LogP contribution < -0.4 is 0 Å². The Labute approximate surface area is 162 Å². The summed E-state index contributed by atoms with van der Waals surface area (Å²) >= 11 is 0. The highest BCUT2D eigenvalue weighted by atomic mass is 16.6. The van der Waals surface area contributed by atoms with Crippen molar-refractivity contribution in [1.82, 2.24) is 0 Å². The molecule has 0 saturated carbocycles. The van der Waals surface area contributed by atoms with E-state index in [2.05, 4.69) is 6.08 Å². The molecule has 0 N–H and O–H groups in total. The topological polar surface area (TPSA) is 65.1 Å². The van der Waals surface area contributed by atoms with Crippen molar-refractivity contribution in [3.05, 3.63) is 48.6 Å². The van der Waals surface area contributed by atoms with Crippen molar-refractivity contribution in [2.24, 2.45) is 0 Å². The normalized spacial score (nSPS) is 19.5. The minimum absolute atomic E-state index is 0.131. The molecular weight excluding hydrogens is 344 g/mol. The molecular formula is C22H32O5. The smallest absolute Gasteiger partial charge is 0.306 e. The van der Waals surface area contributed by atoms with Gasteiger partial charge in [-0.15, -0.1) is 0 Å². The Morgan fingerprint density at radius 1 is 0.889 bits per heavy atom. The van der Waals surface area contributed by atoms with Gasteiger partial charge in [0, 0.05) is 12.8 Å². The highest BCUT2D eigenvalue weighted by Gasteiger charge is 2.35. The molecule has 1 fully saturated rings. The first-order valence-corrected chi connectivity index (χ1v) is 9.79. The molecule has 150 valence electrons. The molecule has 0 aromatic carbocycles. The van der Waals surface area contributed by atoms with Gasteiger partial charge < -0.3 is 14.2 Å². The number of ether oxygens (including phenoxy) is 3. The van der Waals surface area contributed by atoms with Crippen molar-refractivity contribution in [3.63, 3.8) is 0 Å². The van der Waals surface area contributed by atoms with Gasteiger partial charge in [-0.3, -0.25) is 9.59 Å². The molecule has 0 unspecified atom stereocenters. The molecule has 2 atom stereocenters. The van der Waals surface area contributed by atoms with Crippen LogP contribution in [-0.4, -0.2) is 37.4 Å².